The Kier molecular flexibility index (Phi) is 10.7. The Bertz CT molecular complexity index is 2150. The highest BCUT2D eigenvalue weighted by Crippen LogP contribution is 2.38. The van der Waals surface area contributed by atoms with Crippen LogP contribution >= 0.6 is 11.3 Å². The molecule has 0 radical (unpaired) electrons. The quantitative estimate of drug-likeness (QED) is 0.102. The second-order valence-electron chi connectivity index (χ2n) is 11.7. The van der Waals surface area contributed by atoms with Crippen molar-refractivity contribution < 1.29 is 47.4 Å². The van der Waals surface area contributed by atoms with Gasteiger partial charge in [0.25, 0.3) is 5.89 Å². The van der Waals surface area contributed by atoms with E-state index >= 15 is 0 Å². The van der Waals surface area contributed by atoms with Gasteiger partial charge in [-0.15, -0.1) is 11.3 Å². The van der Waals surface area contributed by atoms with Gasteiger partial charge in [0.2, 0.25) is 5.82 Å². The van der Waals surface area contributed by atoms with Gasteiger partial charge in [-0.1, -0.05) is 84.0 Å². The van der Waals surface area contributed by atoms with Crippen molar-refractivity contribution in [1.82, 2.24) is 10.1 Å². The smallest absolute Gasteiger partial charge is 0.338 e. The van der Waals surface area contributed by atoms with Gasteiger partial charge in [0.05, 0.1) is 27.1 Å². The average molecular weight is 731 g/mol. The molecule has 0 spiro atoms. The van der Waals surface area contributed by atoms with Crippen LogP contribution in [0.15, 0.2) is 143 Å². The Hall–Kier alpha value is -6.44. The van der Waals surface area contributed by atoms with Gasteiger partial charge in [0.1, 0.15) is 12.7 Å². The van der Waals surface area contributed by atoms with Gasteiger partial charge < -0.3 is 28.2 Å². The van der Waals surface area contributed by atoms with Gasteiger partial charge in [-0.3, -0.25) is 0 Å². The Morgan fingerprint density at radius 2 is 1.04 bits per heavy atom. The monoisotopic (exact) mass is 730 g/mol. The molecule has 3 heterocycles. The number of carbonyl (C=O) groups excluding carboxylic acids is 4. The lowest BCUT2D eigenvalue weighted by Crippen LogP contribution is -2.60. The molecule has 53 heavy (non-hydrogen) atoms. The molecular weight excluding hydrogens is 701 g/mol. The summed E-state index contributed by atoms with van der Waals surface area (Å²) >= 11 is 1.36. The van der Waals surface area contributed by atoms with Gasteiger partial charge in [-0.05, 0) is 60.0 Å². The summed E-state index contributed by atoms with van der Waals surface area (Å²) in [5.74, 6) is -3.00. The molecule has 2 aromatic heterocycles. The summed E-state index contributed by atoms with van der Waals surface area (Å²) in [6.07, 6.45) is -7.23. The Balaban J connectivity index is 1.32. The lowest BCUT2D eigenvalue weighted by atomic mass is 9.93. The summed E-state index contributed by atoms with van der Waals surface area (Å²) in [4.78, 5) is 59.6. The molecule has 0 N–H and O–H groups in total. The molecule has 12 nitrogen and oxygen atoms in total. The lowest BCUT2D eigenvalue weighted by molar-refractivity contribution is -0.233. The van der Waals surface area contributed by atoms with E-state index in [4.69, 9.17) is 28.2 Å². The van der Waals surface area contributed by atoms with Crippen LogP contribution in [0.2, 0.25) is 0 Å². The number of esters is 4. The van der Waals surface area contributed by atoms with Crippen molar-refractivity contribution in [3.8, 4) is 10.8 Å². The van der Waals surface area contributed by atoms with Crippen molar-refractivity contribution in [1.29, 1.82) is 0 Å². The number of ether oxygens (including phenoxy) is 5. The van der Waals surface area contributed by atoms with Crippen LogP contribution in [0.5, 0.6) is 0 Å². The summed E-state index contributed by atoms with van der Waals surface area (Å²) in [6, 6.07) is 36.3. The maximum Gasteiger partial charge on any atom is 0.338 e. The van der Waals surface area contributed by atoms with E-state index in [9.17, 15) is 19.2 Å². The molecule has 0 bridgehead atoms. The van der Waals surface area contributed by atoms with E-state index in [1.807, 2.05) is 11.4 Å². The van der Waals surface area contributed by atoms with Crippen LogP contribution in [0.3, 0.4) is 0 Å². The van der Waals surface area contributed by atoms with Gasteiger partial charge >= 0.3 is 23.9 Å². The van der Waals surface area contributed by atoms with E-state index in [1.165, 1.54) is 11.3 Å². The van der Waals surface area contributed by atoms with Crippen molar-refractivity contribution >= 4 is 35.2 Å². The summed E-state index contributed by atoms with van der Waals surface area (Å²) in [5, 5.41) is 5.99. The Morgan fingerprint density at radius 1 is 0.566 bits per heavy atom. The third-order valence-electron chi connectivity index (χ3n) is 8.21. The largest absolute Gasteiger partial charge is 0.459 e. The zero-order valence-electron chi connectivity index (χ0n) is 27.8. The highest BCUT2D eigenvalue weighted by molar-refractivity contribution is 7.13. The number of carbonyl (C=O) groups is 4. The molecule has 1 aliphatic rings. The second-order valence-corrected chi connectivity index (χ2v) is 12.7. The standard InChI is InChI=1S/C40H30N2O10S/c43-37(25-14-5-1-6-15-25)47-24-29-31(49-38(44)26-16-7-2-8-17-26)32(50-39(45)27-18-9-3-10-19-27)33(51-40(46)28-20-11-4-12-21-28)34(48-29)35-41-36(52-42-35)30-22-13-23-53-30/h1-23,29,31-34H,24H2/t29-,31-,32+,33-,34-/m1/s1. The molecule has 4 aromatic carbocycles. The minimum absolute atomic E-state index is 0.0627. The van der Waals surface area contributed by atoms with Crippen LogP contribution in [-0.4, -0.2) is 65.0 Å². The van der Waals surface area contributed by atoms with Crippen molar-refractivity contribution in [2.24, 2.45) is 0 Å². The molecular formula is C40H30N2O10S. The molecule has 0 amide bonds. The number of hydrogen-bond donors (Lipinski definition) is 0. The molecule has 0 saturated carbocycles. The zero-order valence-corrected chi connectivity index (χ0v) is 28.6. The number of rotatable bonds is 11. The molecule has 5 atom stereocenters. The highest BCUT2D eigenvalue weighted by Gasteiger charge is 2.55. The topological polar surface area (TPSA) is 153 Å². The number of benzene rings is 4. The number of thiophene rings is 1. The fourth-order valence-electron chi connectivity index (χ4n) is 5.63. The first kappa shape index (κ1) is 35.0. The van der Waals surface area contributed by atoms with Crippen LogP contribution < -0.4 is 0 Å². The second kappa shape index (κ2) is 16.3. The van der Waals surface area contributed by atoms with Crippen LogP contribution in [0.25, 0.3) is 10.8 Å². The van der Waals surface area contributed by atoms with E-state index in [-0.39, 0.29) is 34.0 Å². The molecule has 0 aliphatic carbocycles. The molecule has 266 valence electrons. The lowest BCUT2D eigenvalue weighted by Gasteiger charge is -2.43. The Morgan fingerprint density at radius 3 is 1.53 bits per heavy atom. The number of aromatic nitrogens is 2. The molecule has 1 saturated heterocycles. The van der Waals surface area contributed by atoms with Gasteiger partial charge in [-0.25, -0.2) is 19.2 Å². The van der Waals surface area contributed by atoms with Crippen LogP contribution in [0, 0.1) is 0 Å². The maximum atomic E-state index is 13.8. The maximum absolute atomic E-state index is 13.8. The summed E-state index contributed by atoms with van der Waals surface area (Å²) in [7, 11) is 0. The predicted octanol–water partition coefficient (Wildman–Crippen LogP) is 6.77. The third kappa shape index (κ3) is 8.22. The minimum Gasteiger partial charge on any atom is -0.459 e. The van der Waals surface area contributed by atoms with E-state index < -0.39 is 61.0 Å². The minimum atomic E-state index is -1.55. The molecule has 6 aromatic rings. The van der Waals surface area contributed by atoms with E-state index in [1.54, 1.807) is 127 Å². The van der Waals surface area contributed by atoms with Crippen molar-refractivity contribution in [2.45, 2.75) is 30.5 Å². The van der Waals surface area contributed by atoms with Gasteiger partial charge in [0, 0.05) is 0 Å². The van der Waals surface area contributed by atoms with Crippen molar-refractivity contribution in [3.63, 3.8) is 0 Å². The van der Waals surface area contributed by atoms with Crippen LogP contribution in [0.4, 0.5) is 0 Å². The SMILES string of the molecule is O=C(OC[C@H]1O[C@@H](c2noc(-c3cccs3)n2)[C@H](OC(=O)c2ccccc2)[C@@H](OC(=O)c2ccccc2)[C@@H]1OC(=O)c1ccccc1)c1ccccc1. The van der Waals surface area contributed by atoms with Crippen molar-refractivity contribution in [2.75, 3.05) is 6.61 Å². The van der Waals surface area contributed by atoms with Crippen LogP contribution in [0.1, 0.15) is 53.4 Å². The normalized spacial score (nSPS) is 19.4. The first-order valence-corrected chi connectivity index (χ1v) is 17.4. The van der Waals surface area contributed by atoms with Crippen molar-refractivity contribution in [3.05, 3.63) is 167 Å². The summed E-state index contributed by atoms with van der Waals surface area (Å²) in [5.41, 5.74) is 0.796. The average Bonchev–Trinajstić information content (AvgIpc) is 3.93. The molecule has 7 rings (SSSR count). The zero-order chi connectivity index (χ0) is 36.6. The fraction of sp³-hybridized carbons (Fsp3) is 0.150. The Labute approximate surface area is 306 Å². The number of hydrogen-bond acceptors (Lipinski definition) is 13. The summed E-state index contributed by atoms with van der Waals surface area (Å²) < 4.78 is 36.1. The number of nitrogens with zero attached hydrogens (tertiary/aromatic N) is 2. The molecule has 1 fully saturated rings. The molecule has 1 aliphatic heterocycles. The highest BCUT2D eigenvalue weighted by atomic mass is 32.1. The predicted molar refractivity (Wildman–Crippen MR) is 189 cm³/mol. The molecule has 0 unspecified atom stereocenters. The van der Waals surface area contributed by atoms with Gasteiger partial charge in [0.15, 0.2) is 24.4 Å². The fourth-order valence-corrected chi connectivity index (χ4v) is 6.27. The van der Waals surface area contributed by atoms with Crippen LogP contribution in [-0.2, 0) is 23.7 Å². The summed E-state index contributed by atoms with van der Waals surface area (Å²) in [6.45, 7) is -0.481. The third-order valence-corrected chi connectivity index (χ3v) is 9.07. The molecule has 13 heteroatoms. The first-order chi connectivity index (χ1) is 25.9. The van der Waals surface area contributed by atoms with Gasteiger partial charge in [-0.2, -0.15) is 4.98 Å². The first-order valence-electron chi connectivity index (χ1n) is 16.5. The van der Waals surface area contributed by atoms with E-state index in [0.29, 0.717) is 4.88 Å². The van der Waals surface area contributed by atoms with E-state index in [0.717, 1.165) is 0 Å². The van der Waals surface area contributed by atoms with E-state index in [2.05, 4.69) is 10.1 Å².